The van der Waals surface area contributed by atoms with Gasteiger partial charge in [-0.3, -0.25) is 4.90 Å². The highest BCUT2D eigenvalue weighted by Crippen LogP contribution is 2.27. The van der Waals surface area contributed by atoms with Crippen molar-refractivity contribution < 1.29 is 0 Å². The van der Waals surface area contributed by atoms with E-state index in [4.69, 9.17) is 0 Å². The molecule has 0 N–H and O–H groups in total. The number of piperidine rings is 1. The van der Waals surface area contributed by atoms with Crippen LogP contribution in [0, 0.1) is 0 Å². The minimum Gasteiger partial charge on any atom is -0.314 e. The third-order valence-corrected chi connectivity index (χ3v) is 5.14. The van der Waals surface area contributed by atoms with Crippen molar-refractivity contribution in [1.29, 1.82) is 0 Å². The van der Waals surface area contributed by atoms with Crippen LogP contribution in [0.15, 0.2) is 0 Å². The van der Waals surface area contributed by atoms with Gasteiger partial charge in [0, 0.05) is 12.5 Å². The molecule has 3 rings (SSSR count). The predicted molar refractivity (Wildman–Crippen MR) is 84.3 cm³/mol. The van der Waals surface area contributed by atoms with Crippen molar-refractivity contribution in [2.75, 3.05) is 32.7 Å². The third-order valence-electron chi connectivity index (χ3n) is 5.14. The number of likely N-dealkylation sites (tertiary alicyclic amines) is 2. The van der Waals surface area contributed by atoms with Crippen LogP contribution in [-0.2, 0) is 13.1 Å². The van der Waals surface area contributed by atoms with Crippen molar-refractivity contribution in [2.45, 2.75) is 58.5 Å². The summed E-state index contributed by atoms with van der Waals surface area (Å²) in [6.07, 6.45) is 5.14. The van der Waals surface area contributed by atoms with Gasteiger partial charge in [-0.2, -0.15) is 0 Å². The molecular formula is C16H29N5. The average Bonchev–Trinajstić information content (AvgIpc) is 3.17. The molecule has 0 spiro atoms. The van der Waals surface area contributed by atoms with E-state index in [0.717, 1.165) is 13.1 Å². The summed E-state index contributed by atoms with van der Waals surface area (Å²) in [4.78, 5) is 5.05. The molecule has 5 heteroatoms. The molecule has 1 aromatic rings. The van der Waals surface area contributed by atoms with Gasteiger partial charge < -0.3 is 9.47 Å². The van der Waals surface area contributed by atoms with Crippen LogP contribution in [0.5, 0.6) is 0 Å². The number of nitrogens with zero attached hydrogens (tertiary/aromatic N) is 5. The van der Waals surface area contributed by atoms with Crippen molar-refractivity contribution in [3.63, 3.8) is 0 Å². The number of hydrogen-bond acceptors (Lipinski definition) is 4. The Balaban J connectivity index is 1.69. The fraction of sp³-hybridized carbons (Fsp3) is 0.875. The van der Waals surface area contributed by atoms with Gasteiger partial charge in [0.25, 0.3) is 0 Å². The molecule has 1 aromatic heterocycles. The maximum absolute atomic E-state index is 4.57. The molecule has 0 aromatic carbocycles. The Morgan fingerprint density at radius 3 is 2.24 bits per heavy atom. The highest BCUT2D eigenvalue weighted by atomic mass is 15.3. The Hall–Kier alpha value is -0.940. The topological polar surface area (TPSA) is 37.2 Å². The van der Waals surface area contributed by atoms with Gasteiger partial charge in [-0.15, -0.1) is 10.2 Å². The lowest BCUT2D eigenvalue weighted by atomic mass is 9.96. The van der Waals surface area contributed by atoms with Gasteiger partial charge in [-0.1, -0.05) is 6.92 Å². The van der Waals surface area contributed by atoms with Crippen molar-refractivity contribution >= 4 is 0 Å². The van der Waals surface area contributed by atoms with Gasteiger partial charge in [0.1, 0.15) is 11.6 Å². The molecule has 0 aliphatic carbocycles. The number of rotatable bonds is 5. The van der Waals surface area contributed by atoms with E-state index in [1.54, 1.807) is 0 Å². The SMILES string of the molecule is CCN1CCC(c2nnc(CN3CCCC3)n2CC)CC1. The first-order valence-electron chi connectivity index (χ1n) is 8.68. The van der Waals surface area contributed by atoms with Crippen LogP contribution in [0.3, 0.4) is 0 Å². The molecule has 5 nitrogen and oxygen atoms in total. The zero-order valence-electron chi connectivity index (χ0n) is 13.6. The van der Waals surface area contributed by atoms with E-state index in [0.29, 0.717) is 5.92 Å². The van der Waals surface area contributed by atoms with Crippen LogP contribution in [0.4, 0.5) is 0 Å². The van der Waals surface area contributed by atoms with E-state index in [1.807, 2.05) is 0 Å². The molecule has 118 valence electrons. The molecule has 2 aliphatic heterocycles. The minimum absolute atomic E-state index is 0.604. The maximum atomic E-state index is 4.57. The first-order chi connectivity index (χ1) is 10.3. The van der Waals surface area contributed by atoms with Crippen LogP contribution in [0.2, 0.25) is 0 Å². The molecule has 0 amide bonds. The van der Waals surface area contributed by atoms with E-state index in [-0.39, 0.29) is 0 Å². The van der Waals surface area contributed by atoms with Crippen LogP contribution in [0.1, 0.15) is 57.1 Å². The van der Waals surface area contributed by atoms with Crippen LogP contribution >= 0.6 is 0 Å². The molecule has 0 bridgehead atoms. The summed E-state index contributed by atoms with van der Waals surface area (Å²) >= 11 is 0. The first kappa shape index (κ1) is 15.0. The zero-order valence-corrected chi connectivity index (χ0v) is 13.6. The van der Waals surface area contributed by atoms with Crippen molar-refractivity contribution in [3.8, 4) is 0 Å². The minimum atomic E-state index is 0.604. The molecule has 0 saturated carbocycles. The maximum Gasteiger partial charge on any atom is 0.147 e. The summed E-state index contributed by atoms with van der Waals surface area (Å²) in [5.74, 6) is 3.02. The molecule has 3 heterocycles. The Bertz CT molecular complexity index is 442. The monoisotopic (exact) mass is 291 g/mol. The smallest absolute Gasteiger partial charge is 0.147 e. The summed E-state index contributed by atoms with van der Waals surface area (Å²) in [7, 11) is 0. The van der Waals surface area contributed by atoms with Gasteiger partial charge in [0.2, 0.25) is 0 Å². The van der Waals surface area contributed by atoms with Crippen molar-refractivity contribution in [3.05, 3.63) is 11.6 Å². The third kappa shape index (κ3) is 3.29. The number of hydrogen-bond donors (Lipinski definition) is 0. The first-order valence-corrected chi connectivity index (χ1v) is 8.68. The summed E-state index contributed by atoms with van der Waals surface area (Å²) in [6.45, 7) is 12.5. The lowest BCUT2D eigenvalue weighted by Crippen LogP contribution is -2.33. The molecule has 0 unspecified atom stereocenters. The standard InChI is InChI=1S/C16H29N5/c1-3-19-11-7-14(8-12-19)16-18-17-15(21(16)4-2)13-20-9-5-6-10-20/h14H,3-13H2,1-2H3. The summed E-state index contributed by atoms with van der Waals surface area (Å²) in [5, 5.41) is 9.09. The van der Waals surface area contributed by atoms with Crippen molar-refractivity contribution in [2.24, 2.45) is 0 Å². The van der Waals surface area contributed by atoms with E-state index in [9.17, 15) is 0 Å². The molecule has 2 aliphatic rings. The van der Waals surface area contributed by atoms with Gasteiger partial charge in [0.05, 0.1) is 6.54 Å². The zero-order chi connectivity index (χ0) is 14.7. The number of aromatic nitrogens is 3. The van der Waals surface area contributed by atoms with E-state index in [2.05, 4.69) is 38.4 Å². The van der Waals surface area contributed by atoms with Gasteiger partial charge >= 0.3 is 0 Å². The Morgan fingerprint density at radius 1 is 0.905 bits per heavy atom. The lowest BCUT2D eigenvalue weighted by Gasteiger charge is -2.30. The van der Waals surface area contributed by atoms with E-state index in [1.165, 1.54) is 70.1 Å². The second-order valence-corrected chi connectivity index (χ2v) is 6.41. The van der Waals surface area contributed by atoms with Crippen LogP contribution in [0.25, 0.3) is 0 Å². The van der Waals surface area contributed by atoms with Gasteiger partial charge in [-0.25, -0.2) is 0 Å². The summed E-state index contributed by atoms with van der Waals surface area (Å²) in [5.41, 5.74) is 0. The van der Waals surface area contributed by atoms with Crippen molar-refractivity contribution in [1.82, 2.24) is 24.6 Å². The molecule has 2 saturated heterocycles. The van der Waals surface area contributed by atoms with Crippen LogP contribution < -0.4 is 0 Å². The Kier molecular flexibility index (Phi) is 4.91. The molecule has 21 heavy (non-hydrogen) atoms. The predicted octanol–water partition coefficient (Wildman–Crippen LogP) is 2.09. The molecule has 2 fully saturated rings. The van der Waals surface area contributed by atoms with Gasteiger partial charge in [0.15, 0.2) is 0 Å². The summed E-state index contributed by atoms with van der Waals surface area (Å²) in [6, 6.07) is 0. The van der Waals surface area contributed by atoms with E-state index < -0.39 is 0 Å². The lowest BCUT2D eigenvalue weighted by molar-refractivity contribution is 0.217. The van der Waals surface area contributed by atoms with Crippen LogP contribution in [-0.4, -0.2) is 57.3 Å². The second kappa shape index (κ2) is 6.88. The molecule has 0 atom stereocenters. The molecule has 0 radical (unpaired) electrons. The molecular weight excluding hydrogens is 262 g/mol. The van der Waals surface area contributed by atoms with Gasteiger partial charge in [-0.05, 0) is 65.3 Å². The fourth-order valence-corrected chi connectivity index (χ4v) is 3.76. The van der Waals surface area contributed by atoms with E-state index >= 15 is 0 Å². The Morgan fingerprint density at radius 2 is 1.62 bits per heavy atom. The largest absolute Gasteiger partial charge is 0.314 e. The quantitative estimate of drug-likeness (QED) is 0.832. The second-order valence-electron chi connectivity index (χ2n) is 6.41. The highest BCUT2D eigenvalue weighted by Gasteiger charge is 2.26. The fourth-order valence-electron chi connectivity index (χ4n) is 3.76. The Labute approximate surface area is 128 Å². The summed E-state index contributed by atoms with van der Waals surface area (Å²) < 4.78 is 2.38. The normalized spacial score (nSPS) is 22.2. The highest BCUT2D eigenvalue weighted by molar-refractivity contribution is 5.04. The average molecular weight is 291 g/mol.